The highest BCUT2D eigenvalue weighted by molar-refractivity contribution is 9.10. The molecular weight excluding hydrogens is 316 g/mol. The first-order chi connectivity index (χ1) is 8.65. The van der Waals surface area contributed by atoms with Crippen molar-refractivity contribution in [3.05, 3.63) is 45.8 Å². The Balaban J connectivity index is 2.31. The van der Waals surface area contributed by atoms with Crippen LogP contribution in [0.4, 0.5) is 0 Å². The lowest BCUT2D eigenvalue weighted by atomic mass is 10.1. The predicted octanol–water partition coefficient (Wildman–Crippen LogP) is 3.52. The molecule has 6 heteroatoms. The van der Waals surface area contributed by atoms with E-state index in [9.17, 15) is 0 Å². The molecule has 90 valence electrons. The number of fused-ring (bicyclic) bond motifs is 1. The van der Waals surface area contributed by atoms with Gasteiger partial charge >= 0.3 is 0 Å². The van der Waals surface area contributed by atoms with Gasteiger partial charge in [0.2, 0.25) is 0 Å². The molecule has 3 rings (SSSR count). The molecule has 0 atom stereocenters. The molecule has 18 heavy (non-hydrogen) atoms. The van der Waals surface area contributed by atoms with Gasteiger partial charge in [0.05, 0.1) is 12.4 Å². The van der Waals surface area contributed by atoms with Gasteiger partial charge in [-0.15, -0.1) is 10.2 Å². The van der Waals surface area contributed by atoms with E-state index in [1.807, 2.05) is 25.1 Å². The highest BCUT2D eigenvalue weighted by Crippen LogP contribution is 2.25. The average Bonchev–Trinajstić information content (AvgIpc) is 2.73. The van der Waals surface area contributed by atoms with Crippen molar-refractivity contribution >= 4 is 33.2 Å². The first-order valence-corrected chi connectivity index (χ1v) is 6.44. The monoisotopic (exact) mass is 322 g/mol. The van der Waals surface area contributed by atoms with Gasteiger partial charge in [-0.05, 0) is 30.7 Å². The largest absolute Gasteiger partial charge is 0.262 e. The molecule has 0 aliphatic heterocycles. The second kappa shape index (κ2) is 4.33. The summed E-state index contributed by atoms with van der Waals surface area (Å²) in [6.45, 7) is 2.03. The minimum Gasteiger partial charge on any atom is -0.262 e. The Labute approximate surface area is 117 Å². The summed E-state index contributed by atoms with van der Waals surface area (Å²) in [5.41, 5.74) is 2.74. The first kappa shape index (κ1) is 11.6. The highest BCUT2D eigenvalue weighted by Gasteiger charge is 2.11. The van der Waals surface area contributed by atoms with E-state index in [0.29, 0.717) is 16.6 Å². The third kappa shape index (κ3) is 1.89. The molecule has 0 bridgehead atoms. The zero-order valence-electron chi connectivity index (χ0n) is 9.43. The normalized spacial score (nSPS) is 11.1. The van der Waals surface area contributed by atoms with Crippen molar-refractivity contribution in [2.24, 2.45) is 0 Å². The Morgan fingerprint density at radius 2 is 2.00 bits per heavy atom. The van der Waals surface area contributed by atoms with Crippen LogP contribution < -0.4 is 0 Å². The van der Waals surface area contributed by atoms with Crippen LogP contribution in [-0.2, 0) is 0 Å². The SMILES string of the molecule is Cc1cc(Br)cc(-c2nnc3cncc(Cl)n23)c1. The van der Waals surface area contributed by atoms with Crippen molar-refractivity contribution < 1.29 is 0 Å². The van der Waals surface area contributed by atoms with Gasteiger partial charge in [0.1, 0.15) is 5.15 Å². The number of rotatable bonds is 1. The summed E-state index contributed by atoms with van der Waals surface area (Å²) in [7, 11) is 0. The zero-order valence-corrected chi connectivity index (χ0v) is 11.8. The summed E-state index contributed by atoms with van der Waals surface area (Å²) in [4.78, 5) is 3.99. The number of hydrogen-bond acceptors (Lipinski definition) is 3. The van der Waals surface area contributed by atoms with Crippen LogP contribution in [0, 0.1) is 6.92 Å². The fraction of sp³-hybridized carbons (Fsp3) is 0.0833. The Kier molecular flexibility index (Phi) is 2.80. The first-order valence-electron chi connectivity index (χ1n) is 5.27. The molecule has 0 unspecified atom stereocenters. The van der Waals surface area contributed by atoms with Crippen LogP contribution in [0.25, 0.3) is 17.0 Å². The van der Waals surface area contributed by atoms with Gasteiger partial charge in [-0.2, -0.15) is 0 Å². The summed E-state index contributed by atoms with van der Waals surface area (Å²) >= 11 is 9.62. The summed E-state index contributed by atoms with van der Waals surface area (Å²) < 4.78 is 2.77. The minimum atomic E-state index is 0.491. The van der Waals surface area contributed by atoms with Crippen LogP contribution in [0.3, 0.4) is 0 Å². The van der Waals surface area contributed by atoms with Crippen LogP contribution in [-0.4, -0.2) is 19.6 Å². The van der Waals surface area contributed by atoms with E-state index in [-0.39, 0.29) is 0 Å². The van der Waals surface area contributed by atoms with Crippen molar-refractivity contribution in [3.63, 3.8) is 0 Å². The number of halogens is 2. The number of benzene rings is 1. The molecule has 0 fully saturated rings. The van der Waals surface area contributed by atoms with E-state index in [4.69, 9.17) is 11.6 Å². The van der Waals surface area contributed by atoms with Crippen molar-refractivity contribution in [2.75, 3.05) is 0 Å². The summed E-state index contributed by atoms with van der Waals surface area (Å²) in [6.07, 6.45) is 3.21. The lowest BCUT2D eigenvalue weighted by Gasteiger charge is -2.04. The van der Waals surface area contributed by atoms with Crippen LogP contribution in [0.1, 0.15) is 5.56 Å². The zero-order chi connectivity index (χ0) is 12.7. The number of hydrogen-bond donors (Lipinski definition) is 0. The Morgan fingerprint density at radius 3 is 2.78 bits per heavy atom. The van der Waals surface area contributed by atoms with Crippen molar-refractivity contribution in [1.29, 1.82) is 0 Å². The van der Waals surface area contributed by atoms with Crippen LogP contribution in [0.15, 0.2) is 35.1 Å². The topological polar surface area (TPSA) is 43.1 Å². The predicted molar refractivity (Wildman–Crippen MR) is 73.7 cm³/mol. The third-order valence-corrected chi connectivity index (χ3v) is 3.30. The van der Waals surface area contributed by atoms with E-state index in [1.54, 1.807) is 16.8 Å². The molecule has 0 aliphatic rings. The Morgan fingerprint density at radius 1 is 1.17 bits per heavy atom. The second-order valence-electron chi connectivity index (χ2n) is 3.96. The molecule has 2 aromatic heterocycles. The summed E-state index contributed by atoms with van der Waals surface area (Å²) in [6, 6.07) is 6.06. The molecular formula is C12H8BrClN4. The second-order valence-corrected chi connectivity index (χ2v) is 5.27. The Bertz CT molecular complexity index is 718. The molecule has 4 nitrogen and oxygen atoms in total. The van der Waals surface area contributed by atoms with Gasteiger partial charge in [-0.25, -0.2) is 0 Å². The van der Waals surface area contributed by atoms with E-state index in [0.717, 1.165) is 15.6 Å². The van der Waals surface area contributed by atoms with E-state index in [2.05, 4.69) is 31.1 Å². The minimum absolute atomic E-state index is 0.491. The standard InChI is InChI=1S/C12H8BrClN4/c1-7-2-8(4-9(13)3-7)12-17-16-11-6-15-5-10(14)18(11)12/h2-6H,1H3. The fourth-order valence-corrected chi connectivity index (χ4v) is 2.70. The molecule has 0 spiro atoms. The van der Waals surface area contributed by atoms with Crippen molar-refractivity contribution in [1.82, 2.24) is 19.6 Å². The van der Waals surface area contributed by atoms with Crippen molar-refractivity contribution in [2.45, 2.75) is 6.92 Å². The summed E-state index contributed by atoms with van der Waals surface area (Å²) in [5, 5.41) is 8.73. The van der Waals surface area contributed by atoms with Gasteiger partial charge in [0.25, 0.3) is 0 Å². The van der Waals surface area contributed by atoms with E-state index >= 15 is 0 Å². The third-order valence-electron chi connectivity index (χ3n) is 2.57. The van der Waals surface area contributed by atoms with Crippen LogP contribution in [0.5, 0.6) is 0 Å². The highest BCUT2D eigenvalue weighted by atomic mass is 79.9. The fourth-order valence-electron chi connectivity index (χ4n) is 1.87. The molecule has 0 radical (unpaired) electrons. The maximum Gasteiger partial charge on any atom is 0.180 e. The van der Waals surface area contributed by atoms with Crippen LogP contribution in [0.2, 0.25) is 5.15 Å². The Hall–Kier alpha value is -1.46. The van der Waals surface area contributed by atoms with E-state index < -0.39 is 0 Å². The maximum atomic E-state index is 6.14. The lowest BCUT2D eigenvalue weighted by molar-refractivity contribution is 1.11. The number of aromatic nitrogens is 4. The van der Waals surface area contributed by atoms with Gasteiger partial charge < -0.3 is 0 Å². The smallest absolute Gasteiger partial charge is 0.180 e. The van der Waals surface area contributed by atoms with Gasteiger partial charge in [-0.1, -0.05) is 27.5 Å². The van der Waals surface area contributed by atoms with Gasteiger partial charge in [-0.3, -0.25) is 9.38 Å². The van der Waals surface area contributed by atoms with Crippen molar-refractivity contribution in [3.8, 4) is 11.4 Å². The summed E-state index contributed by atoms with van der Waals surface area (Å²) in [5.74, 6) is 0.710. The number of nitrogens with zero attached hydrogens (tertiary/aromatic N) is 4. The van der Waals surface area contributed by atoms with Gasteiger partial charge in [0, 0.05) is 10.0 Å². The molecule has 0 saturated heterocycles. The maximum absolute atomic E-state index is 6.14. The molecule has 2 heterocycles. The molecule has 0 amide bonds. The van der Waals surface area contributed by atoms with Crippen LogP contribution >= 0.6 is 27.5 Å². The average molecular weight is 324 g/mol. The molecule has 0 aliphatic carbocycles. The number of aryl methyl sites for hydroxylation is 1. The quantitative estimate of drug-likeness (QED) is 0.688. The van der Waals surface area contributed by atoms with E-state index in [1.165, 1.54) is 0 Å². The molecule has 0 N–H and O–H groups in total. The molecule has 0 saturated carbocycles. The lowest BCUT2D eigenvalue weighted by Crippen LogP contribution is -1.92. The van der Waals surface area contributed by atoms with Gasteiger partial charge in [0.15, 0.2) is 11.5 Å². The molecule has 3 aromatic rings. The molecule has 1 aromatic carbocycles.